The van der Waals surface area contributed by atoms with Crippen LogP contribution in [0.15, 0.2) is 170 Å². The number of aliphatic hydroxyl groups is 2. The van der Waals surface area contributed by atoms with Crippen LogP contribution >= 0.6 is 0 Å². The molecule has 0 bridgehead atoms. The number of benzene rings is 6. The van der Waals surface area contributed by atoms with Crippen molar-refractivity contribution in [1.82, 2.24) is 0 Å². The molecule has 0 fully saturated rings. The first-order valence-electron chi connectivity index (χ1n) is 22.2. The Kier molecular flexibility index (Phi) is 16.8. The molecule has 0 spiro atoms. The lowest BCUT2D eigenvalue weighted by Crippen LogP contribution is -2.25. The molecule has 0 saturated carbocycles. The summed E-state index contributed by atoms with van der Waals surface area (Å²) in [4.78, 5) is 23.7. The number of hydrogen-bond acceptors (Lipinski definition) is 10. The van der Waals surface area contributed by atoms with Crippen LogP contribution in [0.25, 0.3) is 0 Å². The maximum Gasteiger partial charge on any atom is 0.333 e. The first kappa shape index (κ1) is 49.3. The number of esters is 2. The first-order valence-corrected chi connectivity index (χ1v) is 22.2. The monoisotopic (exact) mass is 904 g/mol. The number of carbonyl (C=O) groups excluding carboxylic acids is 2. The van der Waals surface area contributed by atoms with Gasteiger partial charge in [-0.1, -0.05) is 117 Å². The normalized spacial score (nSPS) is 13.0. The molecule has 10 heteroatoms. The van der Waals surface area contributed by atoms with Crippen molar-refractivity contribution < 1.29 is 48.2 Å². The van der Waals surface area contributed by atoms with Crippen molar-refractivity contribution in [1.29, 1.82) is 0 Å². The molecule has 6 aromatic rings. The van der Waals surface area contributed by atoms with Gasteiger partial charge in [-0.05, 0) is 115 Å². The minimum absolute atomic E-state index is 0.0809. The topological polar surface area (TPSA) is 130 Å². The fourth-order valence-electron chi connectivity index (χ4n) is 7.54. The quantitative estimate of drug-likeness (QED) is 0.0502. The van der Waals surface area contributed by atoms with Crippen LogP contribution in [0.1, 0.15) is 78.5 Å². The number of aryl methyl sites for hydroxylation is 1. The zero-order valence-electron chi connectivity index (χ0n) is 39.1. The van der Waals surface area contributed by atoms with E-state index >= 15 is 0 Å². The van der Waals surface area contributed by atoms with Gasteiger partial charge in [0.05, 0.1) is 7.11 Å². The molecule has 6 aromatic carbocycles. The highest BCUT2D eigenvalue weighted by Crippen LogP contribution is 2.45. The van der Waals surface area contributed by atoms with E-state index in [2.05, 4.69) is 94.6 Å². The summed E-state index contributed by atoms with van der Waals surface area (Å²) in [6.45, 7) is 16.2. The van der Waals surface area contributed by atoms with Gasteiger partial charge in [-0.3, -0.25) is 0 Å². The third-order valence-electron chi connectivity index (χ3n) is 11.5. The van der Waals surface area contributed by atoms with Gasteiger partial charge in [0.1, 0.15) is 67.4 Å². The largest absolute Gasteiger partial charge is 0.497 e. The third kappa shape index (κ3) is 13.5. The standard InChI is InChI=1S/C57H60O10/c1-37(2)55(60)65-35-46(58)33-63-49-25-13-41(14-26-49)53(40-11-23-48(62-8)24-12-40)54(42-15-27-50(28-16-42)64-34-47(59)36-66-56(61)38(3)4)43-17-29-51(30-18-43)67-52-31-21-45(22-32-52)57(6,7)44-19-9-39(5)10-20-44/h9-32,46-47,53-54,58-59H,1,3,33-36H2,2,4-8H3. The van der Waals surface area contributed by atoms with Crippen molar-refractivity contribution in [3.05, 3.63) is 209 Å². The first-order chi connectivity index (χ1) is 32.1. The number of hydrogen-bond donors (Lipinski definition) is 2. The zero-order chi connectivity index (χ0) is 48.1. The molecular weight excluding hydrogens is 845 g/mol. The molecule has 10 nitrogen and oxygen atoms in total. The fourth-order valence-corrected chi connectivity index (χ4v) is 7.54. The highest BCUT2D eigenvalue weighted by Gasteiger charge is 2.29. The SMILES string of the molecule is C=C(C)C(=O)OCC(O)COc1ccc(C(c2ccc(OC)cc2)C(c2ccc(OCC(O)COC(=O)C(=C)C)cc2)c2ccc(Oc3ccc(C(C)(C)c4ccc(C)cc4)cc3)cc2)cc1. The lowest BCUT2D eigenvalue weighted by Gasteiger charge is -2.30. The Bertz CT molecular complexity index is 2560. The second-order valence-electron chi connectivity index (χ2n) is 17.2. The summed E-state index contributed by atoms with van der Waals surface area (Å²) in [5.74, 6) is 1.56. The van der Waals surface area contributed by atoms with Crippen molar-refractivity contribution in [2.24, 2.45) is 0 Å². The zero-order valence-corrected chi connectivity index (χ0v) is 39.1. The van der Waals surface area contributed by atoms with Crippen LogP contribution in [0.2, 0.25) is 0 Å². The molecule has 348 valence electrons. The van der Waals surface area contributed by atoms with Crippen LogP contribution in [-0.4, -0.2) is 67.9 Å². The number of ether oxygens (including phenoxy) is 6. The molecule has 0 aromatic heterocycles. The van der Waals surface area contributed by atoms with Crippen molar-refractivity contribution in [2.75, 3.05) is 33.5 Å². The number of methoxy groups -OCH3 is 1. The molecular formula is C57H60O10. The summed E-state index contributed by atoms with van der Waals surface area (Å²) in [5.41, 5.74) is 7.97. The van der Waals surface area contributed by atoms with E-state index in [9.17, 15) is 19.8 Å². The maximum atomic E-state index is 11.8. The van der Waals surface area contributed by atoms with Crippen LogP contribution in [0, 0.1) is 6.92 Å². The van der Waals surface area contributed by atoms with Gasteiger partial charge in [-0.2, -0.15) is 0 Å². The van der Waals surface area contributed by atoms with Gasteiger partial charge in [0, 0.05) is 28.4 Å². The predicted octanol–water partition coefficient (Wildman–Crippen LogP) is 10.8. The van der Waals surface area contributed by atoms with Gasteiger partial charge < -0.3 is 38.6 Å². The minimum atomic E-state index is -1.03. The molecule has 67 heavy (non-hydrogen) atoms. The fraction of sp³-hybridized carbons (Fsp3) is 0.263. The molecule has 2 N–H and O–H groups in total. The van der Waals surface area contributed by atoms with E-state index in [1.807, 2.05) is 84.9 Å². The summed E-state index contributed by atoms with van der Waals surface area (Å²) in [5, 5.41) is 20.9. The van der Waals surface area contributed by atoms with E-state index in [1.165, 1.54) is 16.7 Å². The van der Waals surface area contributed by atoms with Gasteiger partial charge in [-0.15, -0.1) is 0 Å². The maximum absolute atomic E-state index is 11.8. The summed E-state index contributed by atoms with van der Waals surface area (Å²) < 4.78 is 34.0. The molecule has 0 radical (unpaired) electrons. The van der Waals surface area contributed by atoms with Crippen molar-refractivity contribution in [3.63, 3.8) is 0 Å². The van der Waals surface area contributed by atoms with E-state index in [1.54, 1.807) is 21.0 Å². The summed E-state index contributed by atoms with van der Waals surface area (Å²) in [6, 6.07) is 48.5. The Morgan fingerprint density at radius 1 is 0.493 bits per heavy atom. The molecule has 6 rings (SSSR count). The Balaban J connectivity index is 1.29. The van der Waals surface area contributed by atoms with E-state index in [0.717, 1.165) is 33.8 Å². The number of carbonyl (C=O) groups is 2. The highest BCUT2D eigenvalue weighted by molar-refractivity contribution is 5.87. The van der Waals surface area contributed by atoms with Crippen LogP contribution in [0.4, 0.5) is 0 Å². The Morgan fingerprint density at radius 2 is 0.806 bits per heavy atom. The molecule has 0 saturated heterocycles. The van der Waals surface area contributed by atoms with E-state index in [-0.39, 0.29) is 54.8 Å². The van der Waals surface area contributed by atoms with Crippen molar-refractivity contribution >= 4 is 11.9 Å². The average molecular weight is 905 g/mol. The summed E-state index contributed by atoms with van der Waals surface area (Å²) >= 11 is 0. The third-order valence-corrected chi connectivity index (χ3v) is 11.5. The number of aliphatic hydroxyl groups excluding tert-OH is 2. The van der Waals surface area contributed by atoms with Crippen molar-refractivity contribution in [2.45, 2.75) is 64.1 Å². The lowest BCUT2D eigenvalue weighted by molar-refractivity contribution is -0.143. The molecule has 0 aliphatic heterocycles. The van der Waals surface area contributed by atoms with Gasteiger partial charge >= 0.3 is 11.9 Å². The Hall–Kier alpha value is -7.14. The Morgan fingerprint density at radius 3 is 1.15 bits per heavy atom. The van der Waals surface area contributed by atoms with Crippen LogP contribution in [0.5, 0.6) is 28.7 Å². The van der Waals surface area contributed by atoms with Crippen LogP contribution < -0.4 is 18.9 Å². The lowest BCUT2D eigenvalue weighted by atomic mass is 9.73. The second kappa shape index (κ2) is 22.9. The molecule has 4 atom stereocenters. The van der Waals surface area contributed by atoms with E-state index in [0.29, 0.717) is 17.2 Å². The molecule has 0 aliphatic rings. The summed E-state index contributed by atoms with van der Waals surface area (Å²) in [7, 11) is 1.64. The predicted molar refractivity (Wildman–Crippen MR) is 260 cm³/mol. The van der Waals surface area contributed by atoms with Gasteiger partial charge in [-0.25, -0.2) is 9.59 Å². The van der Waals surface area contributed by atoms with Gasteiger partial charge in [0.15, 0.2) is 0 Å². The van der Waals surface area contributed by atoms with Crippen LogP contribution in [-0.2, 0) is 24.5 Å². The molecule has 4 unspecified atom stereocenters. The smallest absolute Gasteiger partial charge is 0.333 e. The summed E-state index contributed by atoms with van der Waals surface area (Å²) in [6.07, 6.45) is -2.06. The highest BCUT2D eigenvalue weighted by atomic mass is 16.6. The molecule has 0 heterocycles. The van der Waals surface area contributed by atoms with Crippen molar-refractivity contribution in [3.8, 4) is 28.7 Å². The van der Waals surface area contributed by atoms with Crippen LogP contribution in [0.3, 0.4) is 0 Å². The minimum Gasteiger partial charge on any atom is -0.497 e. The molecule has 0 amide bonds. The van der Waals surface area contributed by atoms with E-state index < -0.39 is 24.1 Å². The van der Waals surface area contributed by atoms with Gasteiger partial charge in [0.2, 0.25) is 0 Å². The second-order valence-corrected chi connectivity index (χ2v) is 17.2. The van der Waals surface area contributed by atoms with E-state index in [4.69, 9.17) is 28.4 Å². The molecule has 0 aliphatic carbocycles. The Labute approximate surface area is 394 Å². The average Bonchev–Trinajstić information content (AvgIpc) is 3.34. The van der Waals surface area contributed by atoms with Gasteiger partial charge in [0.25, 0.3) is 0 Å². The number of rotatable bonds is 22.